The van der Waals surface area contributed by atoms with Crippen LogP contribution in [0.5, 0.6) is 0 Å². The molecule has 0 aliphatic carbocycles. The van der Waals surface area contributed by atoms with Gasteiger partial charge >= 0.3 is 0 Å². The first kappa shape index (κ1) is 16.5. The molecule has 1 aliphatic rings. The molecule has 1 fully saturated rings. The van der Waals surface area contributed by atoms with Crippen molar-refractivity contribution >= 4 is 11.6 Å². The maximum absolute atomic E-state index is 12.7. The Morgan fingerprint density at radius 1 is 1.21 bits per heavy atom. The van der Waals surface area contributed by atoms with E-state index in [9.17, 15) is 4.79 Å². The lowest BCUT2D eigenvalue weighted by Gasteiger charge is -2.32. The molecule has 1 aromatic heterocycles. The van der Waals surface area contributed by atoms with Crippen molar-refractivity contribution in [2.24, 2.45) is 5.92 Å². The molecule has 126 valence electrons. The molecule has 1 saturated heterocycles. The highest BCUT2D eigenvalue weighted by Gasteiger charge is 2.19. The van der Waals surface area contributed by atoms with Crippen LogP contribution >= 0.6 is 0 Å². The number of hydrogen-bond acceptors (Lipinski definition) is 3. The number of piperidine rings is 1. The minimum Gasteiger partial charge on any atom is -0.371 e. The minimum absolute atomic E-state index is 0.0360. The van der Waals surface area contributed by atoms with Crippen molar-refractivity contribution in [2.75, 3.05) is 25.0 Å². The topological polar surface area (TPSA) is 36.4 Å². The van der Waals surface area contributed by atoms with Crippen LogP contribution in [0.4, 0.5) is 5.69 Å². The van der Waals surface area contributed by atoms with E-state index in [0.717, 1.165) is 30.3 Å². The second-order valence-corrected chi connectivity index (χ2v) is 6.72. The van der Waals surface area contributed by atoms with Gasteiger partial charge in [0.25, 0.3) is 5.91 Å². The van der Waals surface area contributed by atoms with Crippen molar-refractivity contribution in [1.29, 1.82) is 0 Å². The Bertz CT molecular complexity index is 678. The third-order valence-electron chi connectivity index (χ3n) is 4.72. The lowest BCUT2D eigenvalue weighted by molar-refractivity contribution is 0.0779. The van der Waals surface area contributed by atoms with Crippen molar-refractivity contribution < 1.29 is 4.79 Å². The van der Waals surface area contributed by atoms with Gasteiger partial charge in [0.1, 0.15) is 5.69 Å². The molecule has 0 atom stereocenters. The predicted molar refractivity (Wildman–Crippen MR) is 97.1 cm³/mol. The van der Waals surface area contributed by atoms with Crippen molar-refractivity contribution in [3.63, 3.8) is 0 Å². The van der Waals surface area contributed by atoms with Gasteiger partial charge in [0.2, 0.25) is 0 Å². The van der Waals surface area contributed by atoms with Gasteiger partial charge in [-0.15, -0.1) is 0 Å². The fraction of sp³-hybridized carbons (Fsp3) is 0.400. The monoisotopic (exact) mass is 323 g/mol. The molecule has 24 heavy (non-hydrogen) atoms. The Kier molecular flexibility index (Phi) is 5.14. The average Bonchev–Trinajstić information content (AvgIpc) is 2.62. The van der Waals surface area contributed by atoms with Gasteiger partial charge in [-0.25, -0.2) is 0 Å². The Morgan fingerprint density at radius 2 is 1.92 bits per heavy atom. The molecule has 0 saturated carbocycles. The van der Waals surface area contributed by atoms with Crippen LogP contribution in [0, 0.1) is 5.92 Å². The van der Waals surface area contributed by atoms with Crippen molar-refractivity contribution in [1.82, 2.24) is 9.88 Å². The Hall–Kier alpha value is -2.36. The molecule has 1 aliphatic heterocycles. The van der Waals surface area contributed by atoms with Crippen LogP contribution < -0.4 is 4.90 Å². The minimum atomic E-state index is -0.0360. The van der Waals surface area contributed by atoms with Gasteiger partial charge in [-0.3, -0.25) is 9.78 Å². The molecule has 1 aromatic carbocycles. The van der Waals surface area contributed by atoms with Gasteiger partial charge in [0.05, 0.1) is 0 Å². The molecular formula is C20H25N3O. The largest absolute Gasteiger partial charge is 0.371 e. The Balaban J connectivity index is 1.69. The molecule has 0 bridgehead atoms. The summed E-state index contributed by atoms with van der Waals surface area (Å²) in [6, 6.07) is 14.0. The zero-order valence-corrected chi connectivity index (χ0v) is 14.5. The first-order valence-corrected chi connectivity index (χ1v) is 8.64. The molecule has 0 radical (unpaired) electrons. The van der Waals surface area contributed by atoms with Crippen molar-refractivity contribution in [3.8, 4) is 0 Å². The van der Waals surface area contributed by atoms with Gasteiger partial charge in [0.15, 0.2) is 0 Å². The number of anilines is 1. The third-order valence-corrected chi connectivity index (χ3v) is 4.72. The van der Waals surface area contributed by atoms with Gasteiger partial charge in [-0.2, -0.15) is 0 Å². The molecule has 2 heterocycles. The maximum atomic E-state index is 12.7. The van der Waals surface area contributed by atoms with Crippen LogP contribution in [0.15, 0.2) is 48.7 Å². The number of pyridine rings is 1. The number of carbonyl (C=O) groups is 1. The van der Waals surface area contributed by atoms with E-state index in [4.69, 9.17) is 0 Å². The highest BCUT2D eigenvalue weighted by molar-refractivity contribution is 5.93. The highest BCUT2D eigenvalue weighted by atomic mass is 16.2. The van der Waals surface area contributed by atoms with Crippen molar-refractivity contribution in [2.45, 2.75) is 26.3 Å². The Morgan fingerprint density at radius 3 is 2.62 bits per heavy atom. The summed E-state index contributed by atoms with van der Waals surface area (Å²) in [7, 11) is 1.83. The normalized spacial score (nSPS) is 15.3. The SMILES string of the molecule is CC1CCN(c2ccnc(C(=O)N(C)Cc3ccccc3)c2)CC1. The average molecular weight is 323 g/mol. The standard InChI is InChI=1S/C20H25N3O/c1-16-9-12-23(13-10-16)18-8-11-21-19(14-18)20(24)22(2)15-17-6-4-3-5-7-17/h3-8,11,14,16H,9-10,12-13,15H2,1-2H3. The van der Waals surface area contributed by atoms with Crippen LogP contribution in [0.3, 0.4) is 0 Å². The molecule has 3 rings (SSSR count). The number of nitrogens with zero attached hydrogens (tertiary/aromatic N) is 3. The summed E-state index contributed by atoms with van der Waals surface area (Å²) >= 11 is 0. The van der Waals surface area contributed by atoms with Crippen LogP contribution in [-0.4, -0.2) is 35.9 Å². The van der Waals surface area contributed by atoms with Gasteiger partial charge in [-0.05, 0) is 36.5 Å². The highest BCUT2D eigenvalue weighted by Crippen LogP contribution is 2.23. The van der Waals surface area contributed by atoms with Crippen LogP contribution in [-0.2, 0) is 6.54 Å². The van der Waals surface area contributed by atoms with Crippen LogP contribution in [0.2, 0.25) is 0 Å². The van der Waals surface area contributed by atoms with E-state index in [1.165, 1.54) is 12.8 Å². The molecular weight excluding hydrogens is 298 g/mol. The van der Waals surface area contributed by atoms with E-state index >= 15 is 0 Å². The van der Waals surface area contributed by atoms with E-state index in [1.54, 1.807) is 11.1 Å². The number of rotatable bonds is 4. The molecule has 0 N–H and O–H groups in total. The summed E-state index contributed by atoms with van der Waals surface area (Å²) in [6.07, 6.45) is 4.16. The molecule has 0 unspecified atom stereocenters. The number of aromatic nitrogens is 1. The fourth-order valence-corrected chi connectivity index (χ4v) is 3.12. The van der Waals surface area contributed by atoms with Crippen LogP contribution in [0.1, 0.15) is 35.8 Å². The second-order valence-electron chi connectivity index (χ2n) is 6.72. The first-order chi connectivity index (χ1) is 11.6. The van der Waals surface area contributed by atoms with Crippen LogP contribution in [0.25, 0.3) is 0 Å². The summed E-state index contributed by atoms with van der Waals surface area (Å²) in [4.78, 5) is 21.1. The van der Waals surface area contributed by atoms with Crippen molar-refractivity contribution in [3.05, 3.63) is 59.9 Å². The predicted octanol–water partition coefficient (Wildman–Crippen LogP) is 3.59. The molecule has 4 nitrogen and oxygen atoms in total. The number of amides is 1. The quantitative estimate of drug-likeness (QED) is 0.863. The zero-order valence-electron chi connectivity index (χ0n) is 14.5. The van der Waals surface area contributed by atoms with Gasteiger partial charge < -0.3 is 9.80 Å². The molecule has 0 spiro atoms. The molecule has 2 aromatic rings. The van der Waals surface area contributed by atoms with E-state index in [0.29, 0.717) is 12.2 Å². The van der Waals surface area contributed by atoms with E-state index in [2.05, 4.69) is 16.8 Å². The number of benzene rings is 1. The summed E-state index contributed by atoms with van der Waals surface area (Å²) in [5.41, 5.74) is 2.74. The number of carbonyl (C=O) groups excluding carboxylic acids is 1. The lowest BCUT2D eigenvalue weighted by Crippen LogP contribution is -2.33. The van der Waals surface area contributed by atoms with E-state index in [1.807, 2.05) is 49.5 Å². The van der Waals surface area contributed by atoms with E-state index < -0.39 is 0 Å². The van der Waals surface area contributed by atoms with E-state index in [-0.39, 0.29) is 5.91 Å². The first-order valence-electron chi connectivity index (χ1n) is 8.64. The summed E-state index contributed by atoms with van der Waals surface area (Å²) in [6.45, 7) is 5.00. The van der Waals surface area contributed by atoms with Gasteiger partial charge in [0, 0.05) is 38.6 Å². The summed E-state index contributed by atoms with van der Waals surface area (Å²) in [5, 5.41) is 0. The maximum Gasteiger partial charge on any atom is 0.272 e. The fourth-order valence-electron chi connectivity index (χ4n) is 3.12. The lowest BCUT2D eigenvalue weighted by atomic mass is 9.99. The molecule has 1 amide bonds. The summed E-state index contributed by atoms with van der Waals surface area (Å²) in [5.74, 6) is 0.757. The van der Waals surface area contributed by atoms with Gasteiger partial charge in [-0.1, -0.05) is 37.3 Å². The second kappa shape index (κ2) is 7.47. The summed E-state index contributed by atoms with van der Waals surface area (Å²) < 4.78 is 0. The third kappa shape index (κ3) is 3.94. The number of hydrogen-bond donors (Lipinski definition) is 0. The zero-order chi connectivity index (χ0) is 16.9. The Labute approximate surface area is 144 Å². The smallest absolute Gasteiger partial charge is 0.272 e. The molecule has 4 heteroatoms.